The Morgan fingerprint density at radius 1 is 0.952 bits per heavy atom. The molecule has 0 heterocycles. The average molecular weight is 596 g/mol. The Morgan fingerprint density at radius 2 is 1.62 bits per heavy atom. The molecule has 0 fully saturated rings. The molecule has 2 amide bonds. The zero-order chi connectivity index (χ0) is 30.9. The number of rotatable bonds is 14. The Balaban J connectivity index is 1.91. The minimum absolute atomic E-state index is 0.0206. The van der Waals surface area contributed by atoms with Crippen LogP contribution in [0, 0.1) is 19.7 Å². The number of nitrogens with one attached hydrogen (secondary N) is 1. The van der Waals surface area contributed by atoms with E-state index in [1.807, 2.05) is 70.2 Å². The summed E-state index contributed by atoms with van der Waals surface area (Å²) in [5, 5.41) is 3.00. The van der Waals surface area contributed by atoms with Crippen LogP contribution in [0.5, 0.6) is 0 Å². The molecule has 0 saturated heterocycles. The van der Waals surface area contributed by atoms with E-state index in [-0.39, 0.29) is 50.2 Å². The lowest BCUT2D eigenvalue weighted by Gasteiger charge is -2.33. The lowest BCUT2D eigenvalue weighted by Crippen LogP contribution is -2.52. The van der Waals surface area contributed by atoms with Crippen LogP contribution in [0.3, 0.4) is 0 Å². The van der Waals surface area contributed by atoms with Crippen LogP contribution in [-0.4, -0.2) is 50.0 Å². The van der Waals surface area contributed by atoms with E-state index in [4.69, 9.17) is 0 Å². The number of benzene rings is 3. The molecule has 3 aromatic carbocycles. The minimum Gasteiger partial charge on any atom is -0.352 e. The van der Waals surface area contributed by atoms with E-state index in [1.54, 1.807) is 24.3 Å². The molecular weight excluding hydrogens is 553 g/mol. The first-order chi connectivity index (χ1) is 19.9. The van der Waals surface area contributed by atoms with E-state index in [9.17, 15) is 22.4 Å². The van der Waals surface area contributed by atoms with Gasteiger partial charge in [-0.1, -0.05) is 61.5 Å². The number of hydrogen-bond acceptors (Lipinski definition) is 4. The number of carbonyl (C=O) groups is 2. The lowest BCUT2D eigenvalue weighted by atomic mass is 10.0. The van der Waals surface area contributed by atoms with E-state index in [0.717, 1.165) is 22.9 Å². The molecule has 0 saturated carbocycles. The summed E-state index contributed by atoms with van der Waals surface area (Å²) in [4.78, 5) is 28.9. The molecule has 7 nitrogen and oxygen atoms in total. The third-order valence-corrected chi connectivity index (χ3v) is 8.70. The van der Waals surface area contributed by atoms with E-state index in [2.05, 4.69) is 5.32 Å². The fourth-order valence-corrected chi connectivity index (χ4v) is 5.65. The number of anilines is 1. The molecule has 0 aliphatic rings. The second-order valence-electron chi connectivity index (χ2n) is 10.8. The van der Waals surface area contributed by atoms with Crippen molar-refractivity contribution < 1.29 is 22.4 Å². The lowest BCUT2D eigenvalue weighted by molar-refractivity contribution is -0.141. The van der Waals surface area contributed by atoms with Gasteiger partial charge in [0, 0.05) is 37.5 Å². The molecule has 0 bridgehead atoms. The minimum atomic E-state index is -3.61. The molecule has 0 aliphatic carbocycles. The Bertz CT molecular complexity index is 1460. The van der Waals surface area contributed by atoms with Crippen molar-refractivity contribution >= 4 is 27.5 Å². The first-order valence-corrected chi connectivity index (χ1v) is 16.2. The second kappa shape index (κ2) is 15.0. The highest BCUT2D eigenvalue weighted by Gasteiger charge is 2.31. The first-order valence-electron chi connectivity index (χ1n) is 14.3. The monoisotopic (exact) mass is 595 g/mol. The Hall–Kier alpha value is -3.72. The normalized spacial score (nSPS) is 12.8. The maximum absolute atomic E-state index is 14.8. The van der Waals surface area contributed by atoms with Gasteiger partial charge in [0.25, 0.3) is 0 Å². The topological polar surface area (TPSA) is 86.8 Å². The van der Waals surface area contributed by atoms with E-state index in [1.165, 1.54) is 15.3 Å². The maximum atomic E-state index is 14.8. The summed E-state index contributed by atoms with van der Waals surface area (Å²) in [6.45, 7) is 7.72. The molecule has 0 aromatic heterocycles. The van der Waals surface area contributed by atoms with Crippen molar-refractivity contribution in [3.63, 3.8) is 0 Å². The van der Waals surface area contributed by atoms with Gasteiger partial charge >= 0.3 is 0 Å². The van der Waals surface area contributed by atoms with Crippen molar-refractivity contribution in [2.75, 3.05) is 17.1 Å². The van der Waals surface area contributed by atoms with Crippen molar-refractivity contribution in [3.05, 3.63) is 101 Å². The fraction of sp³-hybridized carbons (Fsp3) is 0.394. The molecule has 0 spiro atoms. The van der Waals surface area contributed by atoms with E-state index >= 15 is 0 Å². The molecule has 1 N–H and O–H groups in total. The zero-order valence-corrected chi connectivity index (χ0v) is 26.0. The third-order valence-electron chi connectivity index (χ3n) is 7.50. The molecule has 3 aromatic rings. The summed E-state index contributed by atoms with van der Waals surface area (Å²) in [5.74, 6) is -1.13. The number of hydrogen-bond donors (Lipinski definition) is 1. The van der Waals surface area contributed by atoms with Gasteiger partial charge in [-0.05, 0) is 68.5 Å². The Labute approximate surface area is 249 Å². The maximum Gasteiger partial charge on any atom is 0.243 e. The van der Waals surface area contributed by atoms with Crippen molar-refractivity contribution in [2.24, 2.45) is 0 Å². The Kier molecular flexibility index (Phi) is 11.7. The van der Waals surface area contributed by atoms with Gasteiger partial charge in [0.2, 0.25) is 21.8 Å². The van der Waals surface area contributed by atoms with Crippen molar-refractivity contribution in [1.29, 1.82) is 0 Å². The van der Waals surface area contributed by atoms with Gasteiger partial charge in [0.1, 0.15) is 11.9 Å². The summed E-state index contributed by atoms with van der Waals surface area (Å²) in [7, 11) is -3.61. The summed E-state index contributed by atoms with van der Waals surface area (Å²) in [5.41, 5.74) is 3.71. The molecule has 0 unspecified atom stereocenters. The van der Waals surface area contributed by atoms with Crippen LogP contribution in [-0.2, 0) is 32.6 Å². The largest absolute Gasteiger partial charge is 0.352 e. The molecule has 0 radical (unpaired) electrons. The number of carbonyl (C=O) groups excluding carboxylic acids is 2. The summed E-state index contributed by atoms with van der Waals surface area (Å²) in [6.07, 6.45) is 2.31. The number of nitrogens with zero attached hydrogens (tertiary/aromatic N) is 2. The number of halogens is 1. The van der Waals surface area contributed by atoms with Gasteiger partial charge in [-0.15, -0.1) is 0 Å². The van der Waals surface area contributed by atoms with Crippen LogP contribution in [0.25, 0.3) is 0 Å². The summed E-state index contributed by atoms with van der Waals surface area (Å²) < 4.78 is 41.5. The highest BCUT2D eigenvalue weighted by molar-refractivity contribution is 7.92. The molecule has 2 atom stereocenters. The van der Waals surface area contributed by atoms with Gasteiger partial charge in [-0.25, -0.2) is 12.8 Å². The molecule has 0 aliphatic heterocycles. The number of sulfonamides is 1. The van der Waals surface area contributed by atoms with Gasteiger partial charge in [-0.3, -0.25) is 13.9 Å². The van der Waals surface area contributed by atoms with Gasteiger partial charge in [-0.2, -0.15) is 0 Å². The average Bonchev–Trinajstić information content (AvgIpc) is 2.95. The van der Waals surface area contributed by atoms with Crippen LogP contribution in [0.2, 0.25) is 0 Å². The standard InChI is InChI=1S/C33H42FN3O4S/c1-6-26(4)35-33(39)31(22-27-13-8-7-9-14-27)36(23-28-15-10-11-16-30(28)34)32(38)17-12-20-37(42(5,40)41)29-19-18-24(2)25(3)21-29/h7-11,13-16,18-19,21,26,31H,6,12,17,20,22-23H2,1-5H3,(H,35,39)/t26-,31+/m0/s1. The van der Waals surface area contributed by atoms with Gasteiger partial charge < -0.3 is 10.2 Å². The summed E-state index contributed by atoms with van der Waals surface area (Å²) in [6, 6.07) is 20.1. The summed E-state index contributed by atoms with van der Waals surface area (Å²) >= 11 is 0. The SMILES string of the molecule is CC[C@H](C)NC(=O)[C@@H](Cc1ccccc1)N(Cc1ccccc1F)C(=O)CCCN(c1ccc(C)c(C)c1)S(C)(=O)=O. The first kappa shape index (κ1) is 32.8. The van der Waals surface area contributed by atoms with Crippen molar-refractivity contribution in [1.82, 2.24) is 10.2 Å². The fourth-order valence-electron chi connectivity index (χ4n) is 4.69. The van der Waals surface area contributed by atoms with Crippen molar-refractivity contribution in [2.45, 2.75) is 72.0 Å². The molecular formula is C33H42FN3O4S. The predicted molar refractivity (Wildman–Crippen MR) is 166 cm³/mol. The highest BCUT2D eigenvalue weighted by Crippen LogP contribution is 2.23. The molecule has 42 heavy (non-hydrogen) atoms. The zero-order valence-electron chi connectivity index (χ0n) is 25.1. The quantitative estimate of drug-likeness (QED) is 0.265. The van der Waals surface area contributed by atoms with Crippen molar-refractivity contribution in [3.8, 4) is 0 Å². The highest BCUT2D eigenvalue weighted by atomic mass is 32.2. The molecule has 9 heteroatoms. The van der Waals surface area contributed by atoms with Crippen LogP contribution < -0.4 is 9.62 Å². The van der Waals surface area contributed by atoms with Crippen LogP contribution in [0.15, 0.2) is 72.8 Å². The Morgan fingerprint density at radius 3 is 2.24 bits per heavy atom. The van der Waals surface area contributed by atoms with E-state index in [0.29, 0.717) is 17.7 Å². The van der Waals surface area contributed by atoms with Crippen LogP contribution >= 0.6 is 0 Å². The van der Waals surface area contributed by atoms with Gasteiger partial charge in [0.15, 0.2) is 0 Å². The number of amides is 2. The number of aryl methyl sites for hydroxylation is 2. The second-order valence-corrected chi connectivity index (χ2v) is 12.8. The smallest absolute Gasteiger partial charge is 0.243 e. The van der Waals surface area contributed by atoms with Crippen LogP contribution in [0.4, 0.5) is 10.1 Å². The third kappa shape index (κ3) is 9.14. The molecule has 226 valence electrons. The van der Waals surface area contributed by atoms with Gasteiger partial charge in [0.05, 0.1) is 11.9 Å². The van der Waals surface area contributed by atoms with E-state index < -0.39 is 21.9 Å². The van der Waals surface area contributed by atoms with Crippen LogP contribution in [0.1, 0.15) is 55.4 Å². The molecule has 3 rings (SSSR count). The predicted octanol–water partition coefficient (Wildman–Crippen LogP) is 5.54.